The predicted octanol–water partition coefficient (Wildman–Crippen LogP) is 5.92. The number of nitro benzene ring substituents is 1. The van der Waals surface area contributed by atoms with Crippen LogP contribution < -0.4 is 14.2 Å². The molecule has 2 heterocycles. The number of ether oxygens (including phenoxy) is 3. The van der Waals surface area contributed by atoms with Gasteiger partial charge in [0, 0.05) is 53.7 Å². The van der Waals surface area contributed by atoms with Crippen LogP contribution in [-0.2, 0) is 7.05 Å². The van der Waals surface area contributed by atoms with Crippen molar-refractivity contribution in [3.8, 4) is 34.3 Å². The molecular formula is C23H20ClN3O5. The highest BCUT2D eigenvalue weighted by Crippen LogP contribution is 2.44. The van der Waals surface area contributed by atoms with E-state index in [1.165, 1.54) is 6.07 Å². The van der Waals surface area contributed by atoms with Crippen molar-refractivity contribution in [2.75, 3.05) is 14.2 Å². The van der Waals surface area contributed by atoms with E-state index in [9.17, 15) is 10.1 Å². The Morgan fingerprint density at radius 2 is 1.84 bits per heavy atom. The van der Waals surface area contributed by atoms with Crippen molar-refractivity contribution in [3.05, 3.63) is 69.5 Å². The van der Waals surface area contributed by atoms with E-state index in [1.54, 1.807) is 51.6 Å². The smallest absolute Gasteiger partial charge is 0.273 e. The number of fused-ring (bicyclic) bond motifs is 1. The van der Waals surface area contributed by atoms with Crippen molar-refractivity contribution in [3.63, 3.8) is 0 Å². The first-order valence-corrected chi connectivity index (χ1v) is 10.0. The molecule has 0 saturated heterocycles. The Morgan fingerprint density at radius 3 is 2.50 bits per heavy atom. The Labute approximate surface area is 189 Å². The number of nitro groups is 1. The van der Waals surface area contributed by atoms with Gasteiger partial charge in [0.1, 0.15) is 22.8 Å². The van der Waals surface area contributed by atoms with Crippen molar-refractivity contribution >= 4 is 28.2 Å². The van der Waals surface area contributed by atoms with Gasteiger partial charge in [-0.05, 0) is 31.2 Å². The standard InChI is InChI=1S/C23H20ClN3O5/c1-13-9-21(32-20-6-5-14(30-3)10-18(20)24)16(11-19(13)27(28)29)17-12-26(2)22-15(17)7-8-25-23(22)31-4/h5-12H,1-4H3. The number of pyridine rings is 1. The highest BCUT2D eigenvalue weighted by molar-refractivity contribution is 6.32. The fourth-order valence-electron chi connectivity index (χ4n) is 3.66. The second-order valence-corrected chi connectivity index (χ2v) is 7.57. The zero-order chi connectivity index (χ0) is 23.0. The van der Waals surface area contributed by atoms with E-state index in [2.05, 4.69) is 4.98 Å². The number of methoxy groups -OCH3 is 2. The first kappa shape index (κ1) is 21.5. The van der Waals surface area contributed by atoms with Crippen LogP contribution in [0.2, 0.25) is 5.02 Å². The molecule has 0 amide bonds. The van der Waals surface area contributed by atoms with Crippen LogP contribution >= 0.6 is 11.6 Å². The summed E-state index contributed by atoms with van der Waals surface area (Å²) in [6.45, 7) is 1.67. The lowest BCUT2D eigenvalue weighted by atomic mass is 10.0. The van der Waals surface area contributed by atoms with Gasteiger partial charge in [-0.1, -0.05) is 11.6 Å². The van der Waals surface area contributed by atoms with E-state index in [0.29, 0.717) is 39.3 Å². The maximum Gasteiger partial charge on any atom is 0.273 e. The molecule has 0 saturated carbocycles. The minimum atomic E-state index is -0.407. The Kier molecular flexibility index (Phi) is 5.63. The summed E-state index contributed by atoms with van der Waals surface area (Å²) in [6, 6.07) is 10.1. The first-order chi connectivity index (χ1) is 15.3. The third-order valence-corrected chi connectivity index (χ3v) is 5.49. The summed E-state index contributed by atoms with van der Waals surface area (Å²) in [7, 11) is 4.96. The second-order valence-electron chi connectivity index (χ2n) is 7.16. The largest absolute Gasteiger partial charge is 0.497 e. The Hall–Kier alpha value is -3.78. The molecule has 0 atom stereocenters. The van der Waals surface area contributed by atoms with Crippen molar-refractivity contribution in [1.82, 2.24) is 9.55 Å². The van der Waals surface area contributed by atoms with Gasteiger partial charge in [-0.3, -0.25) is 10.1 Å². The number of nitrogens with zero attached hydrogens (tertiary/aromatic N) is 3. The lowest BCUT2D eigenvalue weighted by molar-refractivity contribution is -0.385. The van der Waals surface area contributed by atoms with Crippen LogP contribution in [0.1, 0.15) is 5.56 Å². The third-order valence-electron chi connectivity index (χ3n) is 5.19. The topological polar surface area (TPSA) is 88.7 Å². The normalized spacial score (nSPS) is 10.9. The number of hydrogen-bond acceptors (Lipinski definition) is 6. The van der Waals surface area contributed by atoms with Gasteiger partial charge in [-0.15, -0.1) is 0 Å². The highest BCUT2D eigenvalue weighted by atomic mass is 35.5. The quantitative estimate of drug-likeness (QED) is 0.266. The monoisotopic (exact) mass is 453 g/mol. The molecule has 0 N–H and O–H groups in total. The summed E-state index contributed by atoms with van der Waals surface area (Å²) < 4.78 is 18.6. The molecule has 0 fully saturated rings. The molecular weight excluding hydrogens is 434 g/mol. The maximum absolute atomic E-state index is 11.7. The van der Waals surface area contributed by atoms with Crippen LogP contribution in [0.5, 0.6) is 23.1 Å². The predicted molar refractivity (Wildman–Crippen MR) is 122 cm³/mol. The van der Waals surface area contributed by atoms with E-state index in [1.807, 2.05) is 23.9 Å². The lowest BCUT2D eigenvalue weighted by Crippen LogP contribution is -1.96. The summed E-state index contributed by atoms with van der Waals surface area (Å²) in [5.41, 5.74) is 2.52. The molecule has 0 spiro atoms. The number of halogens is 1. The van der Waals surface area contributed by atoms with Crippen molar-refractivity contribution in [2.24, 2.45) is 7.05 Å². The number of hydrogen-bond donors (Lipinski definition) is 0. The fraction of sp³-hybridized carbons (Fsp3) is 0.174. The van der Waals surface area contributed by atoms with E-state index >= 15 is 0 Å². The molecule has 8 nitrogen and oxygen atoms in total. The van der Waals surface area contributed by atoms with Gasteiger partial charge in [0.05, 0.1) is 24.2 Å². The molecule has 0 radical (unpaired) electrons. The summed E-state index contributed by atoms with van der Waals surface area (Å²) in [4.78, 5) is 15.5. The molecule has 9 heteroatoms. The fourth-order valence-corrected chi connectivity index (χ4v) is 3.87. The summed E-state index contributed by atoms with van der Waals surface area (Å²) in [5, 5.41) is 12.8. The minimum Gasteiger partial charge on any atom is -0.497 e. The summed E-state index contributed by atoms with van der Waals surface area (Å²) in [6.07, 6.45) is 3.50. The van der Waals surface area contributed by atoms with Crippen LogP contribution in [0, 0.1) is 17.0 Å². The third kappa shape index (κ3) is 3.69. The van der Waals surface area contributed by atoms with Crippen LogP contribution in [0.25, 0.3) is 22.0 Å². The van der Waals surface area contributed by atoms with Crippen molar-refractivity contribution in [1.29, 1.82) is 0 Å². The van der Waals surface area contributed by atoms with Gasteiger partial charge in [0.15, 0.2) is 0 Å². The van der Waals surface area contributed by atoms with Gasteiger partial charge < -0.3 is 18.8 Å². The van der Waals surface area contributed by atoms with Crippen molar-refractivity contribution < 1.29 is 19.1 Å². The molecule has 0 unspecified atom stereocenters. The van der Waals surface area contributed by atoms with E-state index in [-0.39, 0.29) is 5.69 Å². The SMILES string of the molecule is COc1ccc(Oc2cc(C)c([N+](=O)[O-])cc2-c2cn(C)c3c(OC)nccc23)c(Cl)c1. The molecule has 4 aromatic rings. The zero-order valence-electron chi connectivity index (χ0n) is 17.9. The summed E-state index contributed by atoms with van der Waals surface area (Å²) >= 11 is 6.37. The molecule has 0 aliphatic heterocycles. The Bertz CT molecular complexity index is 1350. The van der Waals surface area contributed by atoms with Gasteiger partial charge >= 0.3 is 0 Å². The molecule has 0 aliphatic rings. The molecule has 164 valence electrons. The molecule has 0 bridgehead atoms. The highest BCUT2D eigenvalue weighted by Gasteiger charge is 2.22. The minimum absolute atomic E-state index is 0.00815. The van der Waals surface area contributed by atoms with Gasteiger partial charge in [0.2, 0.25) is 5.88 Å². The van der Waals surface area contributed by atoms with E-state index in [0.717, 1.165) is 16.5 Å². The summed E-state index contributed by atoms with van der Waals surface area (Å²) in [5.74, 6) is 1.89. The van der Waals surface area contributed by atoms with Gasteiger partial charge in [-0.2, -0.15) is 0 Å². The number of benzene rings is 2. The van der Waals surface area contributed by atoms with Gasteiger partial charge in [-0.25, -0.2) is 4.98 Å². The number of aromatic nitrogens is 2. The molecule has 2 aromatic heterocycles. The van der Waals surface area contributed by atoms with E-state index < -0.39 is 4.92 Å². The first-order valence-electron chi connectivity index (χ1n) is 9.62. The Morgan fingerprint density at radius 1 is 1.06 bits per heavy atom. The number of rotatable bonds is 6. The second kappa shape index (κ2) is 8.39. The maximum atomic E-state index is 11.7. The zero-order valence-corrected chi connectivity index (χ0v) is 18.6. The average molecular weight is 454 g/mol. The van der Waals surface area contributed by atoms with Crippen LogP contribution in [-0.4, -0.2) is 28.7 Å². The average Bonchev–Trinajstić information content (AvgIpc) is 3.11. The molecule has 4 rings (SSSR count). The molecule has 0 aliphatic carbocycles. The lowest BCUT2D eigenvalue weighted by Gasteiger charge is -2.14. The van der Waals surface area contributed by atoms with Crippen molar-refractivity contribution in [2.45, 2.75) is 6.92 Å². The van der Waals surface area contributed by atoms with Gasteiger partial charge in [0.25, 0.3) is 5.69 Å². The van der Waals surface area contributed by atoms with Crippen LogP contribution in [0.15, 0.2) is 48.8 Å². The molecule has 32 heavy (non-hydrogen) atoms. The van der Waals surface area contributed by atoms with Crippen LogP contribution in [0.4, 0.5) is 5.69 Å². The van der Waals surface area contributed by atoms with Crippen LogP contribution in [0.3, 0.4) is 0 Å². The number of aryl methyl sites for hydroxylation is 2. The Balaban J connectivity index is 1.95. The van der Waals surface area contributed by atoms with E-state index in [4.69, 9.17) is 25.8 Å². The molecule has 2 aromatic carbocycles.